The third-order valence-electron chi connectivity index (χ3n) is 5.65. The SMILES string of the molecule is COCCN1CC(ON=C2CN(c3ncc(-c4cccc(COC(=O)CC(=N)N)c4F)cn3)C2)C1. The van der Waals surface area contributed by atoms with E-state index in [4.69, 9.17) is 25.5 Å². The molecular weight excluding hydrogens is 457 g/mol. The number of benzene rings is 1. The van der Waals surface area contributed by atoms with Crippen LogP contribution >= 0.6 is 0 Å². The Morgan fingerprint density at radius 2 is 2.03 bits per heavy atom. The second-order valence-electron chi connectivity index (χ2n) is 8.41. The van der Waals surface area contributed by atoms with Crippen LogP contribution in [0.4, 0.5) is 10.3 Å². The van der Waals surface area contributed by atoms with E-state index in [1.807, 2.05) is 4.90 Å². The van der Waals surface area contributed by atoms with Crippen molar-refractivity contribution in [3.8, 4) is 11.1 Å². The lowest BCUT2D eigenvalue weighted by Gasteiger charge is -2.38. The largest absolute Gasteiger partial charge is 0.460 e. The zero-order valence-corrected chi connectivity index (χ0v) is 19.4. The number of carbonyl (C=O) groups excluding carboxylic acids is 1. The Morgan fingerprint density at radius 1 is 1.29 bits per heavy atom. The van der Waals surface area contributed by atoms with Gasteiger partial charge in [-0.3, -0.25) is 15.1 Å². The van der Waals surface area contributed by atoms with Crippen molar-refractivity contribution in [2.75, 3.05) is 51.3 Å². The van der Waals surface area contributed by atoms with E-state index >= 15 is 0 Å². The Morgan fingerprint density at radius 3 is 2.71 bits per heavy atom. The first kappa shape index (κ1) is 24.5. The first-order valence-electron chi connectivity index (χ1n) is 11.2. The summed E-state index contributed by atoms with van der Waals surface area (Å²) in [5.41, 5.74) is 7.11. The number of hydrogen-bond acceptors (Lipinski definition) is 10. The van der Waals surface area contributed by atoms with Gasteiger partial charge in [0.25, 0.3) is 0 Å². The molecular formula is C23H28FN7O4. The molecule has 12 heteroatoms. The molecule has 0 saturated carbocycles. The zero-order chi connectivity index (χ0) is 24.8. The number of nitrogens with two attached hydrogens (primary N) is 1. The highest BCUT2D eigenvalue weighted by molar-refractivity contribution is 5.98. The summed E-state index contributed by atoms with van der Waals surface area (Å²) >= 11 is 0. The standard InChI is InChI=1S/C23H28FN7O4/c1-33-6-5-30-12-18(13-30)35-29-17-10-31(11-17)23-27-8-16(9-28-23)19-4-2-3-15(22(19)24)14-34-21(32)7-20(25)26/h2-4,8-9,18H,5-7,10-14H2,1H3,(H3,25,26). The number of hydrogen-bond donors (Lipinski definition) is 2. The Hall–Kier alpha value is -3.64. The van der Waals surface area contributed by atoms with E-state index in [0.29, 0.717) is 36.8 Å². The average molecular weight is 486 g/mol. The van der Waals surface area contributed by atoms with Crippen molar-refractivity contribution < 1.29 is 23.5 Å². The molecule has 0 radical (unpaired) electrons. The van der Waals surface area contributed by atoms with Gasteiger partial charge in [0.15, 0.2) is 6.10 Å². The van der Waals surface area contributed by atoms with Crippen LogP contribution in [0.1, 0.15) is 12.0 Å². The Balaban J connectivity index is 1.27. The number of amidine groups is 1. The molecule has 2 aliphatic heterocycles. The van der Waals surface area contributed by atoms with E-state index < -0.39 is 11.8 Å². The summed E-state index contributed by atoms with van der Waals surface area (Å²) in [6, 6.07) is 4.80. The number of anilines is 1. The molecule has 0 unspecified atom stereocenters. The predicted octanol–water partition coefficient (Wildman–Crippen LogP) is 1.18. The number of carbonyl (C=O) groups is 1. The van der Waals surface area contributed by atoms with Crippen LogP contribution in [0.5, 0.6) is 0 Å². The van der Waals surface area contributed by atoms with Gasteiger partial charge in [-0.2, -0.15) is 0 Å². The minimum Gasteiger partial charge on any atom is -0.460 e. The number of methoxy groups -OCH3 is 1. The van der Waals surface area contributed by atoms with E-state index in [9.17, 15) is 9.18 Å². The first-order valence-corrected chi connectivity index (χ1v) is 11.2. The van der Waals surface area contributed by atoms with Gasteiger partial charge in [-0.25, -0.2) is 14.4 Å². The molecule has 0 atom stereocenters. The fourth-order valence-electron chi connectivity index (χ4n) is 3.64. The van der Waals surface area contributed by atoms with Gasteiger partial charge in [-0.05, 0) is 0 Å². The molecule has 186 valence electrons. The number of nitrogens with zero attached hydrogens (tertiary/aromatic N) is 5. The monoisotopic (exact) mass is 485 g/mol. The van der Waals surface area contributed by atoms with Crippen molar-refractivity contribution in [3.05, 3.63) is 42.0 Å². The predicted molar refractivity (Wildman–Crippen MR) is 127 cm³/mol. The molecule has 3 heterocycles. The van der Waals surface area contributed by atoms with Gasteiger partial charge < -0.3 is 24.9 Å². The Bertz CT molecular complexity index is 1080. The molecule has 0 spiro atoms. The topological polar surface area (TPSA) is 139 Å². The summed E-state index contributed by atoms with van der Waals surface area (Å²) in [5.74, 6) is -0.990. The Labute approximate surface area is 202 Å². The Kier molecular flexibility index (Phi) is 7.83. The maximum Gasteiger partial charge on any atom is 0.313 e. The number of likely N-dealkylation sites (tertiary alicyclic amines) is 1. The van der Waals surface area contributed by atoms with Crippen molar-refractivity contribution in [2.45, 2.75) is 19.1 Å². The minimum absolute atomic E-state index is 0.118. The van der Waals surface area contributed by atoms with Crippen LogP contribution in [-0.2, 0) is 25.7 Å². The van der Waals surface area contributed by atoms with Crippen molar-refractivity contribution >= 4 is 23.5 Å². The third-order valence-corrected chi connectivity index (χ3v) is 5.65. The van der Waals surface area contributed by atoms with Gasteiger partial charge in [0.2, 0.25) is 5.95 Å². The average Bonchev–Trinajstić information content (AvgIpc) is 2.78. The number of esters is 1. The van der Waals surface area contributed by atoms with Gasteiger partial charge in [-0.1, -0.05) is 23.4 Å². The molecule has 0 aliphatic carbocycles. The molecule has 0 amide bonds. The maximum atomic E-state index is 15.0. The van der Waals surface area contributed by atoms with Crippen LogP contribution in [-0.4, -0.2) is 84.9 Å². The molecule has 1 aromatic heterocycles. The third kappa shape index (κ3) is 6.28. The number of halogens is 1. The van der Waals surface area contributed by atoms with E-state index in [2.05, 4.69) is 20.0 Å². The molecule has 2 aliphatic rings. The van der Waals surface area contributed by atoms with Gasteiger partial charge >= 0.3 is 5.97 Å². The normalized spacial score (nSPS) is 15.8. The lowest BCUT2D eigenvalue weighted by Crippen LogP contribution is -2.53. The highest BCUT2D eigenvalue weighted by Gasteiger charge is 2.30. The summed E-state index contributed by atoms with van der Waals surface area (Å²) in [4.78, 5) is 30.1. The van der Waals surface area contributed by atoms with Crippen LogP contribution in [0, 0.1) is 11.2 Å². The summed E-state index contributed by atoms with van der Waals surface area (Å²) in [5, 5.41) is 11.3. The molecule has 11 nitrogen and oxygen atoms in total. The zero-order valence-electron chi connectivity index (χ0n) is 19.4. The number of aromatic nitrogens is 2. The number of rotatable bonds is 11. The van der Waals surface area contributed by atoms with Crippen molar-refractivity contribution in [1.82, 2.24) is 14.9 Å². The molecule has 4 rings (SSSR count). The fraction of sp³-hybridized carbons (Fsp3) is 0.435. The second-order valence-corrected chi connectivity index (χ2v) is 8.41. The molecule has 2 fully saturated rings. The van der Waals surface area contributed by atoms with E-state index in [-0.39, 0.29) is 30.5 Å². The van der Waals surface area contributed by atoms with Gasteiger partial charge in [-0.15, -0.1) is 0 Å². The lowest BCUT2D eigenvalue weighted by atomic mass is 10.1. The number of ether oxygens (including phenoxy) is 2. The summed E-state index contributed by atoms with van der Waals surface area (Å²) in [6.07, 6.45) is 2.90. The van der Waals surface area contributed by atoms with Crippen molar-refractivity contribution in [1.29, 1.82) is 5.41 Å². The van der Waals surface area contributed by atoms with Crippen LogP contribution in [0.3, 0.4) is 0 Å². The molecule has 2 saturated heterocycles. The fourth-order valence-corrected chi connectivity index (χ4v) is 3.64. The van der Waals surface area contributed by atoms with E-state index in [1.165, 1.54) is 6.07 Å². The molecule has 3 N–H and O–H groups in total. The van der Waals surface area contributed by atoms with Crippen LogP contribution < -0.4 is 10.6 Å². The van der Waals surface area contributed by atoms with Crippen molar-refractivity contribution in [2.24, 2.45) is 10.9 Å². The maximum absolute atomic E-state index is 15.0. The molecule has 1 aromatic carbocycles. The minimum atomic E-state index is -0.686. The highest BCUT2D eigenvalue weighted by Crippen LogP contribution is 2.26. The molecule has 2 aromatic rings. The molecule has 35 heavy (non-hydrogen) atoms. The number of oxime groups is 1. The smallest absolute Gasteiger partial charge is 0.313 e. The van der Waals surface area contributed by atoms with E-state index in [1.54, 1.807) is 31.6 Å². The quantitative estimate of drug-likeness (QED) is 0.208. The molecule has 0 bridgehead atoms. The van der Waals surface area contributed by atoms with Crippen molar-refractivity contribution in [3.63, 3.8) is 0 Å². The number of nitrogens with one attached hydrogen (secondary N) is 1. The van der Waals surface area contributed by atoms with Gasteiger partial charge in [0.1, 0.15) is 24.7 Å². The summed E-state index contributed by atoms with van der Waals surface area (Å²) in [6.45, 7) is 4.22. The van der Waals surface area contributed by atoms with Crippen LogP contribution in [0.2, 0.25) is 0 Å². The lowest BCUT2D eigenvalue weighted by molar-refractivity contribution is -0.143. The van der Waals surface area contributed by atoms with E-state index in [0.717, 1.165) is 25.3 Å². The summed E-state index contributed by atoms with van der Waals surface area (Å²) in [7, 11) is 1.69. The van der Waals surface area contributed by atoms with Gasteiger partial charge in [0.05, 0.1) is 25.4 Å². The summed E-state index contributed by atoms with van der Waals surface area (Å²) < 4.78 is 25.0. The first-order chi connectivity index (χ1) is 16.9. The van der Waals surface area contributed by atoms with Gasteiger partial charge in [0, 0.05) is 55.8 Å². The highest BCUT2D eigenvalue weighted by atomic mass is 19.1. The van der Waals surface area contributed by atoms with Crippen LogP contribution in [0.25, 0.3) is 11.1 Å². The van der Waals surface area contributed by atoms with Crippen LogP contribution in [0.15, 0.2) is 35.7 Å². The second kappa shape index (κ2) is 11.2.